The van der Waals surface area contributed by atoms with Gasteiger partial charge in [-0.05, 0) is 58.9 Å². The Morgan fingerprint density at radius 3 is 2.24 bits per heavy atom. The van der Waals surface area contributed by atoms with Crippen LogP contribution >= 0.6 is 0 Å². The molecule has 2 aromatic rings. The van der Waals surface area contributed by atoms with E-state index < -0.39 is 63.8 Å². The van der Waals surface area contributed by atoms with E-state index in [1.807, 2.05) is 24.3 Å². The van der Waals surface area contributed by atoms with Gasteiger partial charge in [-0.25, -0.2) is 0 Å². The first-order valence-corrected chi connectivity index (χ1v) is 13.9. The quantitative estimate of drug-likeness (QED) is 0.300. The Bertz CT molecular complexity index is 1550. The Labute approximate surface area is 238 Å². The number of hydrogen-bond acceptors (Lipinski definition) is 8. The summed E-state index contributed by atoms with van der Waals surface area (Å²) in [5.74, 6) is -7.57. The number of aromatic hydroxyl groups is 1. The Hall–Kier alpha value is -3.95. The van der Waals surface area contributed by atoms with Crippen molar-refractivity contribution in [2.75, 3.05) is 0 Å². The Kier molecular flexibility index (Phi) is 6.87. The summed E-state index contributed by atoms with van der Waals surface area (Å²) in [6.45, 7) is 7.62. The molecule has 9 nitrogen and oxygen atoms in total. The largest absolute Gasteiger partial charge is 0.508 e. The fraction of sp³-hybridized carbons (Fsp3) is 0.406. The molecule has 4 atom stereocenters. The van der Waals surface area contributed by atoms with Crippen molar-refractivity contribution in [3.63, 3.8) is 0 Å². The van der Waals surface area contributed by atoms with Crippen LogP contribution in [0.4, 0.5) is 0 Å². The molecule has 0 radical (unpaired) electrons. The van der Waals surface area contributed by atoms with Gasteiger partial charge in [0.1, 0.15) is 22.8 Å². The number of phenolic OH excluding ortho intramolecular Hbond substituents is 1. The molecular formula is C32H36N2O7. The van der Waals surface area contributed by atoms with E-state index in [9.17, 15) is 34.8 Å². The Balaban J connectivity index is 1.75. The second kappa shape index (κ2) is 9.85. The highest BCUT2D eigenvalue weighted by Crippen LogP contribution is 2.55. The summed E-state index contributed by atoms with van der Waals surface area (Å²) in [7, 11) is 0. The number of aliphatic hydroxyl groups excluding tert-OH is 2. The minimum Gasteiger partial charge on any atom is -0.508 e. The Morgan fingerprint density at radius 1 is 1.07 bits per heavy atom. The van der Waals surface area contributed by atoms with E-state index in [0.29, 0.717) is 17.0 Å². The summed E-state index contributed by atoms with van der Waals surface area (Å²) in [6.07, 6.45) is 0.287. The minimum absolute atomic E-state index is 0.0358. The monoisotopic (exact) mass is 560 g/mol. The van der Waals surface area contributed by atoms with Crippen LogP contribution in [0.15, 0.2) is 47.2 Å². The third-order valence-corrected chi connectivity index (χ3v) is 9.16. The van der Waals surface area contributed by atoms with E-state index >= 15 is 0 Å². The van der Waals surface area contributed by atoms with Gasteiger partial charge >= 0.3 is 0 Å². The van der Waals surface area contributed by atoms with Crippen molar-refractivity contribution in [1.82, 2.24) is 0 Å². The summed E-state index contributed by atoms with van der Waals surface area (Å²) < 4.78 is 0. The van der Waals surface area contributed by atoms with Crippen molar-refractivity contribution in [2.45, 2.75) is 58.6 Å². The smallest absolute Gasteiger partial charge is 0.255 e. The first kappa shape index (κ1) is 28.6. The SMILES string of the molecule is CC(C)c1ccc(-c2cc(CN)c(O)c3c2C[C@H]2C[C@H]4[C@H](C(C)C)C(=O)C(C(N)=O)=C(O)[C@@]4(O)C(=O)C2=C3O)cc1. The number of carbonyl (C=O) groups is 3. The molecule has 1 amide bonds. The third-order valence-electron chi connectivity index (χ3n) is 9.16. The van der Waals surface area contributed by atoms with Crippen molar-refractivity contribution in [2.24, 2.45) is 35.1 Å². The maximum absolute atomic E-state index is 14.1. The average molecular weight is 561 g/mol. The highest BCUT2D eigenvalue weighted by Gasteiger charge is 2.64. The molecule has 0 bridgehead atoms. The number of amides is 1. The van der Waals surface area contributed by atoms with E-state index in [0.717, 1.165) is 16.7 Å². The molecule has 5 rings (SSSR count). The van der Waals surface area contributed by atoms with Crippen LogP contribution in [0.1, 0.15) is 62.3 Å². The molecule has 0 heterocycles. The number of hydrogen-bond donors (Lipinski definition) is 6. The summed E-state index contributed by atoms with van der Waals surface area (Å²) >= 11 is 0. The highest BCUT2D eigenvalue weighted by atomic mass is 16.3. The van der Waals surface area contributed by atoms with Gasteiger partial charge in [-0.15, -0.1) is 0 Å². The van der Waals surface area contributed by atoms with Crippen molar-refractivity contribution >= 4 is 23.2 Å². The van der Waals surface area contributed by atoms with Crippen molar-refractivity contribution in [1.29, 1.82) is 0 Å². The van der Waals surface area contributed by atoms with Gasteiger partial charge in [0, 0.05) is 29.5 Å². The van der Waals surface area contributed by atoms with Gasteiger partial charge in [0.05, 0.1) is 5.56 Å². The lowest BCUT2D eigenvalue weighted by atomic mass is 9.54. The fourth-order valence-corrected chi connectivity index (χ4v) is 7.07. The molecule has 3 aliphatic carbocycles. The lowest BCUT2D eigenvalue weighted by molar-refractivity contribution is -0.155. The first-order valence-electron chi connectivity index (χ1n) is 13.9. The van der Waals surface area contributed by atoms with E-state index in [1.54, 1.807) is 19.9 Å². The third kappa shape index (κ3) is 4.01. The van der Waals surface area contributed by atoms with Crippen LogP contribution in [0.2, 0.25) is 0 Å². The molecule has 1 fully saturated rings. The van der Waals surface area contributed by atoms with Gasteiger partial charge < -0.3 is 31.9 Å². The molecule has 0 aliphatic heterocycles. The zero-order valence-corrected chi connectivity index (χ0v) is 23.6. The number of benzene rings is 2. The average Bonchev–Trinajstić information content (AvgIpc) is 2.90. The molecule has 0 spiro atoms. The summed E-state index contributed by atoms with van der Waals surface area (Å²) in [4.78, 5) is 39.6. The number of carbonyl (C=O) groups excluding carboxylic acids is 3. The molecule has 8 N–H and O–H groups in total. The lowest BCUT2D eigenvalue weighted by Gasteiger charge is -2.50. The molecule has 216 valence electrons. The van der Waals surface area contributed by atoms with Gasteiger partial charge in [-0.1, -0.05) is 52.0 Å². The van der Waals surface area contributed by atoms with Crippen LogP contribution in [0.5, 0.6) is 5.75 Å². The topological polar surface area (TPSA) is 184 Å². The number of primary amides is 1. The minimum atomic E-state index is -2.64. The standard InChI is InChI=1S/C32H36N2O7/c1-13(2)15-5-7-16(8-6-15)19-10-18(12-33)26(35)24-20(19)9-17-11-21-22(14(3)4)27(36)25(31(34)40)30(39)32(21,41)29(38)23(17)28(24)37/h5-8,10,13-14,17,21-22,35,37,39,41H,9,11-12,33H2,1-4H3,(H2,34,40)/t17-,21-,22-,32-/m0/s1. The lowest BCUT2D eigenvalue weighted by Crippen LogP contribution is -2.62. The van der Waals surface area contributed by atoms with Crippen molar-refractivity contribution < 1.29 is 34.8 Å². The van der Waals surface area contributed by atoms with Crippen LogP contribution in [0.3, 0.4) is 0 Å². The van der Waals surface area contributed by atoms with Gasteiger partial charge in [0.25, 0.3) is 5.91 Å². The van der Waals surface area contributed by atoms with Gasteiger partial charge in [-0.3, -0.25) is 14.4 Å². The van der Waals surface area contributed by atoms with Gasteiger partial charge in [0.2, 0.25) is 5.78 Å². The Morgan fingerprint density at radius 2 is 1.71 bits per heavy atom. The van der Waals surface area contributed by atoms with E-state index in [1.165, 1.54) is 0 Å². The molecule has 41 heavy (non-hydrogen) atoms. The van der Waals surface area contributed by atoms with Gasteiger partial charge in [0.15, 0.2) is 11.4 Å². The maximum Gasteiger partial charge on any atom is 0.255 e. The fourth-order valence-electron chi connectivity index (χ4n) is 7.07. The molecule has 1 saturated carbocycles. The van der Waals surface area contributed by atoms with Crippen LogP contribution in [0, 0.1) is 23.7 Å². The van der Waals surface area contributed by atoms with Crippen LogP contribution in [0.25, 0.3) is 16.9 Å². The van der Waals surface area contributed by atoms with Crippen molar-refractivity contribution in [3.8, 4) is 16.9 Å². The van der Waals surface area contributed by atoms with E-state index in [4.69, 9.17) is 11.5 Å². The number of aliphatic hydroxyl groups is 3. The molecule has 0 saturated heterocycles. The summed E-state index contributed by atoms with van der Waals surface area (Å²) in [5.41, 5.74) is 11.5. The van der Waals surface area contributed by atoms with Crippen molar-refractivity contribution in [3.05, 3.63) is 69.5 Å². The predicted molar refractivity (Wildman–Crippen MR) is 153 cm³/mol. The normalized spacial score (nSPS) is 25.9. The van der Waals surface area contributed by atoms with E-state index in [-0.39, 0.29) is 36.3 Å². The summed E-state index contributed by atoms with van der Waals surface area (Å²) in [5, 5.41) is 45.6. The second-order valence-corrected chi connectivity index (χ2v) is 12.1. The van der Waals surface area contributed by atoms with Gasteiger partial charge in [-0.2, -0.15) is 0 Å². The van der Waals surface area contributed by atoms with Crippen LogP contribution in [-0.4, -0.2) is 43.5 Å². The molecule has 2 aromatic carbocycles. The zero-order chi connectivity index (χ0) is 30.1. The molecule has 0 aromatic heterocycles. The number of fused-ring (bicyclic) bond motifs is 3. The zero-order valence-electron chi connectivity index (χ0n) is 23.6. The predicted octanol–water partition coefficient (Wildman–Crippen LogP) is 3.56. The molecular weight excluding hydrogens is 524 g/mol. The molecule has 0 unspecified atom stereocenters. The first-order chi connectivity index (χ1) is 19.2. The van der Waals surface area contributed by atoms with Crippen LogP contribution in [-0.2, 0) is 27.3 Å². The molecule has 3 aliphatic rings. The number of Topliss-reactive ketones (excluding diaryl/α,β-unsaturated/α-hetero) is 2. The number of rotatable bonds is 5. The van der Waals surface area contributed by atoms with Crippen LogP contribution < -0.4 is 11.5 Å². The molecule has 9 heteroatoms. The number of nitrogens with two attached hydrogens (primary N) is 2. The summed E-state index contributed by atoms with van der Waals surface area (Å²) in [6, 6.07) is 9.74. The second-order valence-electron chi connectivity index (χ2n) is 12.1. The van der Waals surface area contributed by atoms with E-state index in [2.05, 4.69) is 13.8 Å². The highest BCUT2D eigenvalue weighted by molar-refractivity contribution is 6.23. The maximum atomic E-state index is 14.1. The number of ketones is 2. The number of phenols is 1.